The molecule has 3 unspecified atom stereocenters. The number of ketones is 1. The van der Waals surface area contributed by atoms with Crippen LogP contribution in [0.3, 0.4) is 0 Å². The minimum absolute atomic E-state index is 0.0254. The molecule has 0 spiro atoms. The summed E-state index contributed by atoms with van der Waals surface area (Å²) in [5.41, 5.74) is -0.671. The van der Waals surface area contributed by atoms with Crippen molar-refractivity contribution < 1.29 is 34.8 Å². The van der Waals surface area contributed by atoms with E-state index >= 15 is 0 Å². The predicted octanol–water partition coefficient (Wildman–Crippen LogP) is 2.21. The Labute approximate surface area is 154 Å². The van der Waals surface area contributed by atoms with Crippen LogP contribution in [0.5, 0.6) is 11.5 Å². The first-order valence-corrected chi connectivity index (χ1v) is 8.26. The number of carbonyl (C=O) groups excluding carboxylic acids is 1. The second-order valence-corrected chi connectivity index (χ2v) is 6.38. The summed E-state index contributed by atoms with van der Waals surface area (Å²) in [4.78, 5) is 23.3. The van der Waals surface area contributed by atoms with Crippen LogP contribution in [-0.4, -0.2) is 50.5 Å². The van der Waals surface area contributed by atoms with Gasteiger partial charge in [0.05, 0.1) is 17.2 Å². The van der Waals surface area contributed by atoms with Gasteiger partial charge in [0.15, 0.2) is 5.78 Å². The van der Waals surface area contributed by atoms with Crippen LogP contribution in [-0.2, 0) is 16.0 Å². The molecule has 0 radical (unpaired) electrons. The van der Waals surface area contributed by atoms with E-state index in [1.807, 2.05) is 0 Å². The number of carbonyl (C=O) groups is 2. The summed E-state index contributed by atoms with van der Waals surface area (Å²) >= 11 is 5.88. The number of aromatic carboxylic acids is 1. The lowest BCUT2D eigenvalue weighted by molar-refractivity contribution is -0.114. The number of allylic oxidation sites excluding steroid dienone is 3. The third-order valence-corrected chi connectivity index (χ3v) is 4.20. The van der Waals surface area contributed by atoms with Crippen LogP contribution in [0.15, 0.2) is 30.4 Å². The maximum absolute atomic E-state index is 12.0. The maximum atomic E-state index is 12.0. The normalized spacial score (nSPS) is 20.6. The lowest BCUT2D eigenvalue weighted by Crippen LogP contribution is -2.08. The van der Waals surface area contributed by atoms with Crippen LogP contribution < -0.4 is 0 Å². The van der Waals surface area contributed by atoms with Crippen molar-refractivity contribution in [1.29, 1.82) is 0 Å². The van der Waals surface area contributed by atoms with Gasteiger partial charge < -0.3 is 25.2 Å². The molecule has 8 heteroatoms. The first kappa shape index (κ1) is 20.0. The number of halogens is 1. The molecular weight excluding hydrogens is 364 g/mol. The molecule has 0 saturated carbocycles. The van der Waals surface area contributed by atoms with Crippen LogP contribution in [0.25, 0.3) is 0 Å². The first-order chi connectivity index (χ1) is 12.2. The zero-order valence-corrected chi connectivity index (χ0v) is 14.7. The number of hydrogen-bond donors (Lipinski definition) is 4. The fourth-order valence-corrected chi connectivity index (χ4v) is 2.73. The highest BCUT2D eigenvalue weighted by Crippen LogP contribution is 2.36. The number of epoxide rings is 1. The quantitative estimate of drug-likeness (QED) is 0.308. The van der Waals surface area contributed by atoms with Gasteiger partial charge >= 0.3 is 5.97 Å². The lowest BCUT2D eigenvalue weighted by atomic mass is 10.00. The number of phenolic OH excluding ortho intramolecular Hbond substituents is 1. The molecule has 1 aliphatic rings. The number of ether oxygens (including phenoxy) is 1. The molecule has 0 bridgehead atoms. The predicted molar refractivity (Wildman–Crippen MR) is 93.7 cm³/mol. The van der Waals surface area contributed by atoms with Gasteiger partial charge in [0.25, 0.3) is 0 Å². The average Bonchev–Trinajstić information content (AvgIpc) is 3.25. The molecule has 7 nitrogen and oxygen atoms in total. The molecule has 26 heavy (non-hydrogen) atoms. The third kappa shape index (κ3) is 5.08. The summed E-state index contributed by atoms with van der Waals surface area (Å²) < 4.78 is 5.31. The molecule has 140 valence electrons. The Morgan fingerprint density at radius 1 is 1.31 bits per heavy atom. The highest BCUT2D eigenvalue weighted by Gasteiger charge is 2.36. The van der Waals surface area contributed by atoms with Crippen molar-refractivity contribution in [3.8, 4) is 11.5 Å². The monoisotopic (exact) mass is 382 g/mol. The van der Waals surface area contributed by atoms with E-state index in [-0.39, 0.29) is 22.8 Å². The third-order valence-electron chi connectivity index (χ3n) is 3.78. The van der Waals surface area contributed by atoms with Gasteiger partial charge in [-0.15, -0.1) is 0 Å². The number of carboxylic acids is 1. The first-order valence-electron chi connectivity index (χ1n) is 7.88. The van der Waals surface area contributed by atoms with Crippen molar-refractivity contribution in [2.45, 2.75) is 38.1 Å². The highest BCUT2D eigenvalue weighted by atomic mass is 35.5. The molecule has 1 aliphatic heterocycles. The number of aliphatic hydroxyl groups is 1. The molecule has 3 atom stereocenters. The molecule has 1 fully saturated rings. The van der Waals surface area contributed by atoms with E-state index in [0.29, 0.717) is 6.42 Å². The van der Waals surface area contributed by atoms with Crippen molar-refractivity contribution in [2.24, 2.45) is 0 Å². The van der Waals surface area contributed by atoms with Crippen molar-refractivity contribution in [1.82, 2.24) is 0 Å². The Kier molecular flexibility index (Phi) is 6.42. The smallest absolute Gasteiger partial charge is 0.339 e. The van der Waals surface area contributed by atoms with Crippen molar-refractivity contribution in [3.63, 3.8) is 0 Å². The zero-order valence-electron chi connectivity index (χ0n) is 13.9. The zero-order chi connectivity index (χ0) is 19.4. The summed E-state index contributed by atoms with van der Waals surface area (Å²) in [6.07, 6.45) is 5.64. The summed E-state index contributed by atoms with van der Waals surface area (Å²) in [7, 11) is 0. The number of hydrogen-bond acceptors (Lipinski definition) is 6. The van der Waals surface area contributed by atoms with Gasteiger partial charge in [-0.25, -0.2) is 4.79 Å². The molecule has 1 saturated heterocycles. The largest absolute Gasteiger partial charge is 0.507 e. The topological polar surface area (TPSA) is 128 Å². The summed E-state index contributed by atoms with van der Waals surface area (Å²) in [6, 6.07) is 0.817. The van der Waals surface area contributed by atoms with Gasteiger partial charge in [0.1, 0.15) is 23.2 Å². The molecule has 1 heterocycles. The molecule has 1 aromatic rings. The van der Waals surface area contributed by atoms with Crippen LogP contribution in [0, 0.1) is 0 Å². The number of rotatable bonds is 8. The number of carboxylic acid groups (broad SMARTS) is 1. The van der Waals surface area contributed by atoms with Gasteiger partial charge in [-0.2, -0.15) is 0 Å². The second kappa shape index (κ2) is 8.35. The number of phenols is 2. The molecule has 1 aromatic carbocycles. The van der Waals surface area contributed by atoms with Gasteiger partial charge in [-0.3, -0.25) is 4.79 Å². The Hall–Kier alpha value is -2.35. The van der Waals surface area contributed by atoms with Gasteiger partial charge in [-0.1, -0.05) is 29.8 Å². The van der Waals surface area contributed by atoms with E-state index in [4.69, 9.17) is 16.3 Å². The Balaban J connectivity index is 2.01. The number of aliphatic hydroxyl groups excluding tert-OH is 1. The molecular formula is C18H19ClO7. The minimum Gasteiger partial charge on any atom is -0.507 e. The summed E-state index contributed by atoms with van der Waals surface area (Å²) in [6.45, 7) is 1.68. The van der Waals surface area contributed by atoms with Crippen LogP contribution in [0.4, 0.5) is 0 Å². The molecule has 0 amide bonds. The molecule has 2 rings (SSSR count). The van der Waals surface area contributed by atoms with E-state index in [9.17, 15) is 30.0 Å². The molecule has 4 N–H and O–H groups in total. The maximum Gasteiger partial charge on any atom is 0.339 e. The standard InChI is InChI=1S/C18H19ClO7/c1-9(20)6-15-14(26-15)5-3-2-4-10(21)7-11-16(18(24)25)12(22)8-13(23)17(11)19/h2-5,8-9,14-15,20,22-23H,6-7H2,1H3,(H,24,25). The average molecular weight is 383 g/mol. The Bertz CT molecular complexity index is 767. The molecule has 0 aliphatic carbocycles. The minimum atomic E-state index is -1.45. The fraction of sp³-hybridized carbons (Fsp3) is 0.333. The Morgan fingerprint density at radius 2 is 2.00 bits per heavy atom. The van der Waals surface area contributed by atoms with E-state index in [1.54, 1.807) is 19.1 Å². The van der Waals surface area contributed by atoms with E-state index in [0.717, 1.165) is 6.07 Å². The summed E-state index contributed by atoms with van der Waals surface area (Å²) in [5, 5.41) is 37.4. The van der Waals surface area contributed by atoms with Crippen molar-refractivity contribution in [2.75, 3.05) is 0 Å². The SMILES string of the molecule is CC(O)CC1OC1C=CC=CC(=O)Cc1c(Cl)c(O)cc(O)c1C(=O)O. The van der Waals surface area contributed by atoms with Gasteiger partial charge in [0, 0.05) is 24.5 Å². The number of benzene rings is 1. The van der Waals surface area contributed by atoms with Gasteiger partial charge in [0.2, 0.25) is 0 Å². The molecule has 0 aromatic heterocycles. The fourth-order valence-electron chi connectivity index (χ4n) is 2.51. The number of aromatic hydroxyl groups is 2. The van der Waals surface area contributed by atoms with E-state index < -0.39 is 41.3 Å². The van der Waals surface area contributed by atoms with Crippen molar-refractivity contribution in [3.05, 3.63) is 46.5 Å². The van der Waals surface area contributed by atoms with Crippen LogP contribution in [0.2, 0.25) is 5.02 Å². The van der Waals surface area contributed by atoms with Crippen LogP contribution in [0.1, 0.15) is 29.3 Å². The highest BCUT2D eigenvalue weighted by molar-refractivity contribution is 6.33. The lowest BCUT2D eigenvalue weighted by Gasteiger charge is -2.10. The Morgan fingerprint density at radius 3 is 2.62 bits per heavy atom. The summed E-state index contributed by atoms with van der Waals surface area (Å²) in [5.74, 6) is -3.08. The van der Waals surface area contributed by atoms with Gasteiger partial charge in [-0.05, 0) is 13.0 Å². The van der Waals surface area contributed by atoms with Crippen LogP contribution >= 0.6 is 11.6 Å². The van der Waals surface area contributed by atoms with Crippen molar-refractivity contribution >= 4 is 23.4 Å². The second-order valence-electron chi connectivity index (χ2n) is 6.00. The van der Waals surface area contributed by atoms with E-state index in [2.05, 4.69) is 0 Å². The van der Waals surface area contributed by atoms with E-state index in [1.165, 1.54) is 12.2 Å².